The third-order valence-electron chi connectivity index (χ3n) is 3.76. The zero-order valence-electron chi connectivity index (χ0n) is 10.1. The Morgan fingerprint density at radius 2 is 1.93 bits per heavy atom. The van der Waals surface area contributed by atoms with Crippen LogP contribution in [0.4, 0.5) is 4.79 Å². The molecule has 86 valence electrons. The smallest absolute Gasteiger partial charge is 0.315 e. The number of amides is 2. The van der Waals surface area contributed by atoms with E-state index < -0.39 is 0 Å². The van der Waals surface area contributed by atoms with Gasteiger partial charge in [0.15, 0.2) is 0 Å². The van der Waals surface area contributed by atoms with E-state index in [4.69, 9.17) is 0 Å². The van der Waals surface area contributed by atoms with Gasteiger partial charge in [-0.2, -0.15) is 11.8 Å². The molecule has 2 saturated heterocycles. The van der Waals surface area contributed by atoms with Gasteiger partial charge in [-0.1, -0.05) is 20.8 Å². The third-order valence-corrected chi connectivity index (χ3v) is 6.01. The average Bonchev–Trinajstić information content (AvgIpc) is 2.31. The van der Waals surface area contributed by atoms with Gasteiger partial charge in [-0.15, -0.1) is 0 Å². The van der Waals surface area contributed by atoms with Crippen molar-refractivity contribution in [2.45, 2.75) is 50.9 Å². The number of urea groups is 1. The van der Waals surface area contributed by atoms with Gasteiger partial charge in [-0.05, 0) is 19.3 Å². The van der Waals surface area contributed by atoms with Crippen LogP contribution in [-0.2, 0) is 0 Å². The SMILES string of the molecule is CC(C)(C)C1SC[C@]2(C)NC(=O)N[C@]12C. The van der Waals surface area contributed by atoms with Crippen molar-refractivity contribution in [3.63, 3.8) is 0 Å². The minimum Gasteiger partial charge on any atom is -0.330 e. The predicted molar refractivity (Wildman–Crippen MR) is 64.2 cm³/mol. The summed E-state index contributed by atoms with van der Waals surface area (Å²) in [6.07, 6.45) is 0. The second kappa shape index (κ2) is 2.84. The van der Waals surface area contributed by atoms with Crippen molar-refractivity contribution in [2.24, 2.45) is 5.41 Å². The van der Waals surface area contributed by atoms with Crippen molar-refractivity contribution in [3.05, 3.63) is 0 Å². The molecule has 2 rings (SSSR count). The third kappa shape index (κ3) is 1.37. The van der Waals surface area contributed by atoms with Crippen LogP contribution in [0.25, 0.3) is 0 Å². The molecule has 0 saturated carbocycles. The van der Waals surface area contributed by atoms with Gasteiger partial charge in [-0.25, -0.2) is 4.79 Å². The summed E-state index contributed by atoms with van der Waals surface area (Å²) < 4.78 is 0. The molecule has 2 aliphatic heterocycles. The zero-order valence-corrected chi connectivity index (χ0v) is 10.9. The Hall–Kier alpha value is -0.380. The number of hydrogen-bond acceptors (Lipinski definition) is 2. The van der Waals surface area contributed by atoms with Crippen molar-refractivity contribution < 1.29 is 4.79 Å². The molecular weight excluding hydrogens is 208 g/mol. The van der Waals surface area contributed by atoms with E-state index in [9.17, 15) is 4.79 Å². The van der Waals surface area contributed by atoms with Gasteiger partial charge < -0.3 is 10.6 Å². The Kier molecular flexibility index (Phi) is 2.11. The van der Waals surface area contributed by atoms with E-state index >= 15 is 0 Å². The topological polar surface area (TPSA) is 41.1 Å². The Labute approximate surface area is 95.8 Å². The highest BCUT2D eigenvalue weighted by molar-refractivity contribution is 8.00. The Morgan fingerprint density at radius 3 is 2.47 bits per heavy atom. The molecule has 2 amide bonds. The first-order chi connectivity index (χ1) is 6.69. The first kappa shape index (κ1) is 11.1. The summed E-state index contributed by atoms with van der Waals surface area (Å²) in [6, 6.07) is -0.0189. The fraction of sp³-hybridized carbons (Fsp3) is 0.909. The van der Waals surface area contributed by atoms with Gasteiger partial charge in [0, 0.05) is 11.0 Å². The van der Waals surface area contributed by atoms with Crippen LogP contribution in [0.1, 0.15) is 34.6 Å². The molecule has 2 heterocycles. The molecule has 0 aliphatic carbocycles. The first-order valence-corrected chi connectivity index (χ1v) is 6.46. The molecule has 0 aromatic carbocycles. The number of nitrogens with one attached hydrogen (secondary N) is 2. The van der Waals surface area contributed by atoms with Crippen LogP contribution in [0.15, 0.2) is 0 Å². The standard InChI is InChI=1S/C11H20N2OS/c1-9(2,3)7-11(5)10(4,6-15-7)12-8(14)13-11/h7H,6H2,1-5H3,(H2,12,13,14)/t7?,10-,11+/m0/s1. The van der Waals surface area contributed by atoms with Crippen LogP contribution in [0.3, 0.4) is 0 Å². The lowest BCUT2D eigenvalue weighted by Crippen LogP contribution is -2.61. The van der Waals surface area contributed by atoms with Crippen molar-refractivity contribution >= 4 is 17.8 Å². The Balaban J connectivity index is 2.38. The van der Waals surface area contributed by atoms with Crippen LogP contribution in [0, 0.1) is 5.41 Å². The summed E-state index contributed by atoms with van der Waals surface area (Å²) in [4.78, 5) is 11.5. The van der Waals surface area contributed by atoms with Gasteiger partial charge in [0.05, 0.1) is 11.1 Å². The number of carbonyl (C=O) groups is 1. The predicted octanol–water partition coefficient (Wildman–Crippen LogP) is 1.98. The van der Waals surface area contributed by atoms with E-state index in [1.54, 1.807) is 0 Å². The Morgan fingerprint density at radius 1 is 1.33 bits per heavy atom. The molecule has 0 aromatic rings. The van der Waals surface area contributed by atoms with E-state index in [2.05, 4.69) is 45.3 Å². The van der Waals surface area contributed by atoms with Crippen molar-refractivity contribution in [3.8, 4) is 0 Å². The minimum atomic E-state index is -0.132. The van der Waals surface area contributed by atoms with Gasteiger partial charge in [-0.3, -0.25) is 0 Å². The molecule has 4 heteroatoms. The number of fused-ring (bicyclic) bond motifs is 1. The number of carbonyl (C=O) groups excluding carboxylic acids is 1. The van der Waals surface area contributed by atoms with Crippen LogP contribution in [-0.4, -0.2) is 28.1 Å². The van der Waals surface area contributed by atoms with E-state index in [0.717, 1.165) is 5.75 Å². The van der Waals surface area contributed by atoms with E-state index in [0.29, 0.717) is 5.25 Å². The van der Waals surface area contributed by atoms with Crippen molar-refractivity contribution in [1.29, 1.82) is 0 Å². The highest BCUT2D eigenvalue weighted by atomic mass is 32.2. The van der Waals surface area contributed by atoms with E-state index in [1.807, 2.05) is 11.8 Å². The van der Waals surface area contributed by atoms with Gasteiger partial charge in [0.1, 0.15) is 0 Å². The van der Waals surface area contributed by atoms with Crippen LogP contribution >= 0.6 is 11.8 Å². The molecule has 0 spiro atoms. The molecule has 2 aliphatic rings. The molecule has 0 radical (unpaired) electrons. The maximum Gasteiger partial charge on any atom is 0.315 e. The maximum absolute atomic E-state index is 11.5. The summed E-state index contributed by atoms with van der Waals surface area (Å²) in [5.74, 6) is 0.990. The van der Waals surface area contributed by atoms with Crippen molar-refractivity contribution in [2.75, 3.05) is 5.75 Å². The summed E-state index contributed by atoms with van der Waals surface area (Å²) in [5.41, 5.74) is -0.0316. The fourth-order valence-corrected chi connectivity index (χ4v) is 4.88. The monoisotopic (exact) mass is 228 g/mol. The van der Waals surface area contributed by atoms with Crippen LogP contribution in [0.5, 0.6) is 0 Å². The van der Waals surface area contributed by atoms with Gasteiger partial charge in [0.2, 0.25) is 0 Å². The molecule has 3 atom stereocenters. The average molecular weight is 228 g/mol. The second-order valence-corrected chi connectivity index (χ2v) is 7.26. The zero-order chi connectivity index (χ0) is 11.5. The Bertz CT molecular complexity index is 312. The van der Waals surface area contributed by atoms with Gasteiger partial charge >= 0.3 is 6.03 Å². The first-order valence-electron chi connectivity index (χ1n) is 5.41. The van der Waals surface area contributed by atoms with Crippen molar-refractivity contribution in [1.82, 2.24) is 10.6 Å². The van der Waals surface area contributed by atoms with Crippen LogP contribution < -0.4 is 10.6 Å². The molecule has 2 N–H and O–H groups in total. The minimum absolute atomic E-state index is 0.0189. The largest absolute Gasteiger partial charge is 0.330 e. The molecule has 1 unspecified atom stereocenters. The number of thioether (sulfide) groups is 1. The highest BCUT2D eigenvalue weighted by Gasteiger charge is 2.63. The lowest BCUT2D eigenvalue weighted by atomic mass is 9.72. The number of rotatable bonds is 0. The molecule has 15 heavy (non-hydrogen) atoms. The molecule has 2 fully saturated rings. The normalized spacial score (nSPS) is 44.9. The second-order valence-electron chi connectivity index (χ2n) is 6.17. The molecule has 0 aromatic heterocycles. The lowest BCUT2D eigenvalue weighted by Gasteiger charge is -2.41. The molecule has 3 nitrogen and oxygen atoms in total. The number of hydrogen-bond donors (Lipinski definition) is 2. The van der Waals surface area contributed by atoms with E-state index in [-0.39, 0.29) is 22.5 Å². The van der Waals surface area contributed by atoms with E-state index in [1.165, 1.54) is 0 Å². The highest BCUT2D eigenvalue weighted by Crippen LogP contribution is 2.51. The summed E-state index contributed by atoms with van der Waals surface area (Å²) >= 11 is 1.96. The summed E-state index contributed by atoms with van der Waals surface area (Å²) in [7, 11) is 0. The fourth-order valence-electron chi connectivity index (χ4n) is 2.86. The maximum atomic E-state index is 11.5. The quantitative estimate of drug-likeness (QED) is 0.622. The summed E-state index contributed by atoms with van der Waals surface area (Å²) in [6.45, 7) is 11.0. The molecular formula is C11H20N2OS. The van der Waals surface area contributed by atoms with Gasteiger partial charge in [0.25, 0.3) is 0 Å². The summed E-state index contributed by atoms with van der Waals surface area (Å²) in [5, 5.41) is 6.64. The van der Waals surface area contributed by atoms with Crippen LogP contribution in [0.2, 0.25) is 0 Å². The molecule has 0 bridgehead atoms. The lowest BCUT2D eigenvalue weighted by molar-refractivity contribution is 0.211.